The molecule has 5 nitrogen and oxygen atoms in total. The molecule has 2 aliphatic carbocycles. The molecule has 0 bridgehead atoms. The summed E-state index contributed by atoms with van der Waals surface area (Å²) in [5, 5.41) is 37.1. The normalized spacial score (nSPS) is 39.3. The van der Waals surface area contributed by atoms with Crippen LogP contribution in [0.25, 0.3) is 0 Å². The third-order valence-electron chi connectivity index (χ3n) is 9.61. The van der Waals surface area contributed by atoms with Gasteiger partial charge >= 0.3 is 0 Å². The average Bonchev–Trinajstić information content (AvgIpc) is 3.25. The van der Waals surface area contributed by atoms with E-state index < -0.39 is 23.6 Å². The van der Waals surface area contributed by atoms with Crippen molar-refractivity contribution in [2.24, 2.45) is 22.2 Å². The van der Waals surface area contributed by atoms with Gasteiger partial charge < -0.3 is 15.3 Å². The van der Waals surface area contributed by atoms with Gasteiger partial charge in [-0.3, -0.25) is 10.2 Å². The Bertz CT molecular complexity index is 707. The zero-order valence-electron chi connectivity index (χ0n) is 20.6. The first kappa shape index (κ1) is 25.5. The van der Waals surface area contributed by atoms with Gasteiger partial charge in [-0.15, -0.1) is 0 Å². The van der Waals surface area contributed by atoms with E-state index in [0.717, 1.165) is 50.2 Å². The summed E-state index contributed by atoms with van der Waals surface area (Å²) >= 11 is 6.24. The molecule has 6 heteroatoms. The number of allylic oxidation sites excluding steroid dienone is 2. The van der Waals surface area contributed by atoms with Crippen LogP contribution in [-0.2, 0) is 0 Å². The monoisotopic (exact) mass is 456 g/mol. The summed E-state index contributed by atoms with van der Waals surface area (Å²) < 4.78 is 0. The van der Waals surface area contributed by atoms with Gasteiger partial charge in [0, 0.05) is 18.1 Å². The van der Waals surface area contributed by atoms with E-state index in [0.29, 0.717) is 12.3 Å². The van der Waals surface area contributed by atoms with Gasteiger partial charge in [0.25, 0.3) is 0 Å². The Kier molecular flexibility index (Phi) is 6.77. The number of hydrogen-bond acceptors (Lipinski definition) is 5. The maximum absolute atomic E-state index is 11.6. The molecule has 0 amide bonds. The second-order valence-corrected chi connectivity index (χ2v) is 12.8. The average molecular weight is 457 g/mol. The lowest BCUT2D eigenvalue weighted by Gasteiger charge is -2.57. The van der Waals surface area contributed by atoms with E-state index in [2.05, 4.69) is 50.9 Å². The SMILES string of the molecule is CCC(C)(O)C(O)NC1(C(O)N2CCC(C)(C3CC=C(Cl)CC3)C(C)(C)C2)CC1(C)C. The van der Waals surface area contributed by atoms with Gasteiger partial charge in [-0.05, 0) is 67.6 Å². The lowest BCUT2D eigenvalue weighted by atomic mass is 9.54. The Labute approximate surface area is 194 Å². The molecule has 3 aliphatic rings. The van der Waals surface area contributed by atoms with Crippen LogP contribution in [0.2, 0.25) is 0 Å². The van der Waals surface area contributed by atoms with E-state index in [4.69, 9.17) is 11.6 Å². The van der Waals surface area contributed by atoms with Crippen molar-refractivity contribution in [2.45, 2.75) is 111 Å². The molecule has 0 radical (unpaired) electrons. The molecule has 6 atom stereocenters. The Balaban J connectivity index is 1.76. The van der Waals surface area contributed by atoms with Crippen LogP contribution < -0.4 is 5.32 Å². The van der Waals surface area contributed by atoms with Crippen molar-refractivity contribution in [2.75, 3.05) is 13.1 Å². The summed E-state index contributed by atoms with van der Waals surface area (Å²) in [5.41, 5.74) is -1.81. The second-order valence-electron chi connectivity index (χ2n) is 12.3. The Morgan fingerprint density at radius 3 is 2.29 bits per heavy atom. The minimum Gasteiger partial charge on any atom is -0.386 e. The van der Waals surface area contributed by atoms with Crippen molar-refractivity contribution >= 4 is 11.6 Å². The van der Waals surface area contributed by atoms with Crippen molar-refractivity contribution in [3.63, 3.8) is 0 Å². The molecule has 1 saturated carbocycles. The van der Waals surface area contributed by atoms with Crippen LogP contribution in [0.3, 0.4) is 0 Å². The third kappa shape index (κ3) is 4.36. The Hall–Kier alpha value is -0.170. The molecule has 0 aromatic heterocycles. The minimum atomic E-state index is -1.24. The van der Waals surface area contributed by atoms with E-state index in [1.54, 1.807) is 6.92 Å². The largest absolute Gasteiger partial charge is 0.386 e. The van der Waals surface area contributed by atoms with E-state index >= 15 is 0 Å². The molecule has 3 rings (SSSR count). The topological polar surface area (TPSA) is 76.0 Å². The molecule has 0 spiro atoms. The van der Waals surface area contributed by atoms with Crippen LogP contribution in [0.15, 0.2) is 11.1 Å². The quantitative estimate of drug-likeness (QED) is 0.432. The molecule has 2 fully saturated rings. The number of piperidine rings is 1. The van der Waals surface area contributed by atoms with Crippen molar-refractivity contribution in [3.8, 4) is 0 Å². The van der Waals surface area contributed by atoms with Gasteiger partial charge in [-0.25, -0.2) is 0 Å². The maximum atomic E-state index is 11.6. The zero-order chi connectivity index (χ0) is 23.5. The number of halogens is 1. The fraction of sp³-hybridized carbons (Fsp3) is 0.920. The van der Waals surface area contributed by atoms with Gasteiger partial charge in [-0.2, -0.15) is 0 Å². The molecular weight excluding hydrogens is 412 g/mol. The van der Waals surface area contributed by atoms with Crippen LogP contribution >= 0.6 is 11.6 Å². The van der Waals surface area contributed by atoms with Gasteiger partial charge in [0.05, 0.1) is 5.54 Å². The molecule has 1 heterocycles. The first-order chi connectivity index (χ1) is 14.1. The summed E-state index contributed by atoms with van der Waals surface area (Å²) in [5.74, 6) is 0.607. The lowest BCUT2D eigenvalue weighted by molar-refractivity contribution is -0.147. The van der Waals surface area contributed by atoms with Crippen LogP contribution in [-0.4, -0.2) is 56.9 Å². The fourth-order valence-corrected chi connectivity index (χ4v) is 6.35. The molecule has 1 saturated heterocycles. The second kappa shape index (κ2) is 8.25. The van der Waals surface area contributed by atoms with Gasteiger partial charge in [0.15, 0.2) is 0 Å². The van der Waals surface area contributed by atoms with Crippen molar-refractivity contribution < 1.29 is 15.3 Å². The third-order valence-corrected chi connectivity index (χ3v) is 9.95. The molecular formula is C25H45ClN2O3. The van der Waals surface area contributed by atoms with Gasteiger partial charge in [0.2, 0.25) is 0 Å². The van der Waals surface area contributed by atoms with E-state index in [-0.39, 0.29) is 16.2 Å². The minimum absolute atomic E-state index is 0.0301. The van der Waals surface area contributed by atoms with Crippen molar-refractivity contribution in [3.05, 3.63) is 11.1 Å². The van der Waals surface area contributed by atoms with Crippen LogP contribution in [0.5, 0.6) is 0 Å². The van der Waals surface area contributed by atoms with Gasteiger partial charge in [-0.1, -0.05) is 59.2 Å². The lowest BCUT2D eigenvalue weighted by Crippen LogP contribution is -2.65. The maximum Gasteiger partial charge on any atom is 0.134 e. The highest BCUT2D eigenvalue weighted by atomic mass is 35.5. The zero-order valence-corrected chi connectivity index (χ0v) is 21.4. The van der Waals surface area contributed by atoms with Crippen molar-refractivity contribution in [1.29, 1.82) is 0 Å². The highest BCUT2D eigenvalue weighted by molar-refractivity contribution is 6.29. The summed E-state index contributed by atoms with van der Waals surface area (Å²) in [4.78, 5) is 2.20. The highest BCUT2D eigenvalue weighted by Crippen LogP contribution is 2.60. The fourth-order valence-electron chi connectivity index (χ4n) is 6.15. The van der Waals surface area contributed by atoms with Crippen molar-refractivity contribution in [1.82, 2.24) is 10.2 Å². The summed E-state index contributed by atoms with van der Waals surface area (Å²) in [6, 6.07) is 0. The van der Waals surface area contributed by atoms with Crippen LogP contribution in [0.1, 0.15) is 87.0 Å². The predicted octanol–water partition coefficient (Wildman–Crippen LogP) is 4.20. The number of aliphatic hydroxyl groups excluding tert-OH is 2. The summed E-state index contributed by atoms with van der Waals surface area (Å²) in [6.45, 7) is 16.5. The van der Waals surface area contributed by atoms with E-state index in [1.807, 2.05) is 6.92 Å². The summed E-state index contributed by atoms with van der Waals surface area (Å²) in [6.07, 6.45) is 5.77. The van der Waals surface area contributed by atoms with Crippen LogP contribution in [0, 0.1) is 22.2 Å². The predicted molar refractivity (Wildman–Crippen MR) is 127 cm³/mol. The molecule has 180 valence electrons. The number of aliphatic hydroxyl groups is 3. The molecule has 31 heavy (non-hydrogen) atoms. The number of likely N-dealkylation sites (tertiary alicyclic amines) is 1. The number of nitrogens with one attached hydrogen (secondary N) is 1. The standard InChI is InChI=1S/C25H45ClN2O3/c1-8-24(7,31)19(29)27-25(15-21(25,2)3)20(30)28-14-13-23(6,22(4,5)16-28)17-9-11-18(26)12-10-17/h11,17,19-20,27,29-31H,8-10,12-16H2,1-7H3. The van der Waals surface area contributed by atoms with E-state index in [9.17, 15) is 15.3 Å². The highest BCUT2D eigenvalue weighted by Gasteiger charge is 2.68. The molecule has 6 unspecified atom stereocenters. The number of rotatable bonds is 7. The molecule has 1 aliphatic heterocycles. The van der Waals surface area contributed by atoms with Crippen LogP contribution in [0.4, 0.5) is 0 Å². The Morgan fingerprint density at radius 2 is 1.84 bits per heavy atom. The number of nitrogens with zero attached hydrogens (tertiary/aromatic N) is 1. The smallest absolute Gasteiger partial charge is 0.134 e. The number of hydrogen-bond donors (Lipinski definition) is 4. The Morgan fingerprint density at radius 1 is 1.23 bits per heavy atom. The molecule has 0 aromatic rings. The first-order valence-corrected chi connectivity index (χ1v) is 12.4. The van der Waals surface area contributed by atoms with E-state index in [1.165, 1.54) is 0 Å². The molecule has 0 aromatic carbocycles. The van der Waals surface area contributed by atoms with Gasteiger partial charge in [0.1, 0.15) is 18.1 Å². The molecule has 4 N–H and O–H groups in total. The first-order valence-electron chi connectivity index (χ1n) is 12.1. The summed E-state index contributed by atoms with van der Waals surface area (Å²) in [7, 11) is 0.